The Hall–Kier alpha value is -2.09. The van der Waals surface area contributed by atoms with Crippen molar-refractivity contribution in [3.8, 4) is 0 Å². The fraction of sp³-hybridized carbons (Fsp3) is 0.526. The molecule has 2 heterocycles. The fourth-order valence-electron chi connectivity index (χ4n) is 3.22. The molecule has 2 amide bonds. The SMILES string of the molecule is COCCn1cc(NC(=O)NCCCN2CCOCC2)c2ccccc21. The maximum atomic E-state index is 12.2. The van der Waals surface area contributed by atoms with Crippen LogP contribution in [0.3, 0.4) is 0 Å². The van der Waals surface area contributed by atoms with Crippen molar-refractivity contribution < 1.29 is 14.3 Å². The van der Waals surface area contributed by atoms with Crippen molar-refractivity contribution in [1.82, 2.24) is 14.8 Å². The van der Waals surface area contributed by atoms with Crippen LogP contribution in [0.2, 0.25) is 0 Å². The third-order valence-corrected chi connectivity index (χ3v) is 4.61. The molecule has 1 aromatic heterocycles. The van der Waals surface area contributed by atoms with Gasteiger partial charge in [-0.25, -0.2) is 4.79 Å². The van der Waals surface area contributed by atoms with Crippen LogP contribution in [0.25, 0.3) is 10.9 Å². The van der Waals surface area contributed by atoms with Crippen LogP contribution in [-0.4, -0.2) is 68.6 Å². The first-order valence-electron chi connectivity index (χ1n) is 9.19. The second kappa shape index (κ2) is 9.56. The summed E-state index contributed by atoms with van der Waals surface area (Å²) in [6.07, 6.45) is 2.90. The van der Waals surface area contributed by atoms with Crippen molar-refractivity contribution in [2.24, 2.45) is 0 Å². The van der Waals surface area contributed by atoms with Crippen molar-refractivity contribution >= 4 is 22.6 Å². The molecule has 0 aliphatic carbocycles. The summed E-state index contributed by atoms with van der Waals surface area (Å²) in [5.41, 5.74) is 1.91. The summed E-state index contributed by atoms with van der Waals surface area (Å²) in [6, 6.07) is 7.89. The Balaban J connectivity index is 1.50. The number of carbonyl (C=O) groups is 1. The van der Waals surface area contributed by atoms with Gasteiger partial charge in [0, 0.05) is 44.9 Å². The van der Waals surface area contributed by atoms with E-state index in [0.29, 0.717) is 13.2 Å². The molecule has 0 unspecified atom stereocenters. The predicted octanol–water partition coefficient (Wildman–Crippen LogP) is 2.13. The lowest BCUT2D eigenvalue weighted by molar-refractivity contribution is 0.0375. The first-order chi connectivity index (χ1) is 12.8. The van der Waals surface area contributed by atoms with E-state index in [9.17, 15) is 4.79 Å². The molecule has 142 valence electrons. The second-order valence-corrected chi connectivity index (χ2v) is 6.43. The molecule has 1 aliphatic heterocycles. The number of benzene rings is 1. The lowest BCUT2D eigenvalue weighted by atomic mass is 10.2. The van der Waals surface area contributed by atoms with Gasteiger partial charge in [-0.3, -0.25) is 4.90 Å². The number of methoxy groups -OCH3 is 1. The molecule has 7 nitrogen and oxygen atoms in total. The van der Waals surface area contributed by atoms with E-state index in [4.69, 9.17) is 9.47 Å². The number of hydrogen-bond acceptors (Lipinski definition) is 4. The Labute approximate surface area is 154 Å². The standard InChI is InChI=1S/C19H28N4O3/c1-25-12-11-23-15-17(16-5-2-3-6-18(16)23)21-19(24)20-7-4-8-22-9-13-26-14-10-22/h2-3,5-6,15H,4,7-14H2,1H3,(H2,20,21,24). The van der Waals surface area contributed by atoms with Crippen molar-refractivity contribution in [3.05, 3.63) is 30.5 Å². The molecule has 2 aromatic rings. The zero-order valence-electron chi connectivity index (χ0n) is 15.4. The third-order valence-electron chi connectivity index (χ3n) is 4.61. The Morgan fingerprint density at radius 2 is 2.04 bits per heavy atom. The fourth-order valence-corrected chi connectivity index (χ4v) is 3.22. The van der Waals surface area contributed by atoms with E-state index in [1.54, 1.807) is 7.11 Å². The summed E-state index contributed by atoms with van der Waals surface area (Å²) < 4.78 is 12.6. The molecule has 2 N–H and O–H groups in total. The number of nitrogens with zero attached hydrogens (tertiary/aromatic N) is 2. The number of aromatic nitrogens is 1. The molecule has 1 saturated heterocycles. The molecule has 0 bridgehead atoms. The quantitative estimate of drug-likeness (QED) is 0.708. The van der Waals surface area contributed by atoms with Crippen LogP contribution in [0.15, 0.2) is 30.5 Å². The molecule has 26 heavy (non-hydrogen) atoms. The molecule has 3 rings (SSSR count). The van der Waals surface area contributed by atoms with Gasteiger partial charge >= 0.3 is 6.03 Å². The maximum Gasteiger partial charge on any atom is 0.319 e. The van der Waals surface area contributed by atoms with Crippen molar-refractivity contribution in [1.29, 1.82) is 0 Å². The third kappa shape index (κ3) is 4.97. The zero-order chi connectivity index (χ0) is 18.2. The van der Waals surface area contributed by atoms with Crippen molar-refractivity contribution in [2.75, 3.05) is 58.4 Å². The molecule has 1 fully saturated rings. The Kier molecular flexibility index (Phi) is 6.88. The van der Waals surface area contributed by atoms with Crippen LogP contribution in [-0.2, 0) is 16.0 Å². The topological polar surface area (TPSA) is 67.8 Å². The number of hydrogen-bond donors (Lipinski definition) is 2. The van der Waals surface area contributed by atoms with Crippen molar-refractivity contribution in [2.45, 2.75) is 13.0 Å². The summed E-state index contributed by atoms with van der Waals surface area (Å²) in [4.78, 5) is 14.6. The highest BCUT2D eigenvalue weighted by molar-refractivity contribution is 6.01. The molecule has 0 spiro atoms. The highest BCUT2D eigenvalue weighted by Gasteiger charge is 2.12. The van der Waals surface area contributed by atoms with E-state index in [1.807, 2.05) is 24.4 Å². The van der Waals surface area contributed by atoms with E-state index >= 15 is 0 Å². The molecule has 0 radical (unpaired) electrons. The normalized spacial score (nSPS) is 15.3. The van der Waals surface area contributed by atoms with Crippen LogP contribution in [0.1, 0.15) is 6.42 Å². The summed E-state index contributed by atoms with van der Waals surface area (Å²) in [5.74, 6) is 0. The number of anilines is 1. The molecule has 0 saturated carbocycles. The van der Waals surface area contributed by atoms with Crippen LogP contribution >= 0.6 is 0 Å². The number of morpholine rings is 1. The number of amides is 2. The van der Waals surface area contributed by atoms with Gasteiger partial charge in [-0.05, 0) is 19.0 Å². The number of ether oxygens (including phenoxy) is 2. The van der Waals surface area contributed by atoms with E-state index in [2.05, 4.69) is 26.2 Å². The zero-order valence-corrected chi connectivity index (χ0v) is 15.4. The Morgan fingerprint density at radius 1 is 1.23 bits per heavy atom. The van der Waals surface area contributed by atoms with Gasteiger partial charge in [-0.1, -0.05) is 18.2 Å². The number of rotatable bonds is 8. The van der Waals surface area contributed by atoms with Gasteiger partial charge < -0.3 is 24.7 Å². The van der Waals surface area contributed by atoms with Crippen molar-refractivity contribution in [3.63, 3.8) is 0 Å². The Bertz CT molecular complexity index is 710. The Morgan fingerprint density at radius 3 is 2.85 bits per heavy atom. The minimum Gasteiger partial charge on any atom is -0.383 e. The molecule has 1 aromatic carbocycles. The van der Waals surface area contributed by atoms with Gasteiger partial charge in [0.2, 0.25) is 0 Å². The summed E-state index contributed by atoms with van der Waals surface area (Å²) in [7, 11) is 1.69. The number of urea groups is 1. The lowest BCUT2D eigenvalue weighted by Gasteiger charge is -2.26. The van der Waals surface area contributed by atoms with Crippen LogP contribution < -0.4 is 10.6 Å². The van der Waals surface area contributed by atoms with Gasteiger partial charge in [0.05, 0.1) is 31.0 Å². The number of nitrogens with one attached hydrogen (secondary N) is 2. The number of carbonyl (C=O) groups excluding carboxylic acids is 1. The average Bonchev–Trinajstić information content (AvgIpc) is 3.02. The number of fused-ring (bicyclic) bond motifs is 1. The predicted molar refractivity (Wildman–Crippen MR) is 103 cm³/mol. The van der Waals surface area contributed by atoms with E-state index in [1.165, 1.54) is 0 Å². The lowest BCUT2D eigenvalue weighted by Crippen LogP contribution is -2.38. The summed E-state index contributed by atoms with van der Waals surface area (Å²) >= 11 is 0. The molecule has 0 atom stereocenters. The molecule has 1 aliphatic rings. The minimum absolute atomic E-state index is 0.165. The van der Waals surface area contributed by atoms with Crippen LogP contribution in [0.5, 0.6) is 0 Å². The van der Waals surface area contributed by atoms with Crippen LogP contribution in [0.4, 0.5) is 10.5 Å². The van der Waals surface area contributed by atoms with E-state index < -0.39 is 0 Å². The van der Waals surface area contributed by atoms with Gasteiger partial charge in [0.25, 0.3) is 0 Å². The van der Waals surface area contributed by atoms with Gasteiger partial charge in [0.1, 0.15) is 0 Å². The number of para-hydroxylation sites is 1. The first-order valence-corrected chi connectivity index (χ1v) is 9.19. The highest BCUT2D eigenvalue weighted by Crippen LogP contribution is 2.25. The summed E-state index contributed by atoms with van der Waals surface area (Å²) in [5, 5.41) is 6.96. The van der Waals surface area contributed by atoms with Gasteiger partial charge in [-0.2, -0.15) is 0 Å². The highest BCUT2D eigenvalue weighted by atomic mass is 16.5. The largest absolute Gasteiger partial charge is 0.383 e. The first kappa shape index (κ1) is 18.7. The monoisotopic (exact) mass is 360 g/mol. The van der Waals surface area contributed by atoms with Crippen LogP contribution in [0, 0.1) is 0 Å². The molecular weight excluding hydrogens is 332 g/mol. The summed E-state index contributed by atoms with van der Waals surface area (Å²) in [6.45, 7) is 6.60. The van der Waals surface area contributed by atoms with Gasteiger partial charge in [-0.15, -0.1) is 0 Å². The van der Waals surface area contributed by atoms with Gasteiger partial charge in [0.15, 0.2) is 0 Å². The molecule has 7 heteroatoms. The maximum absolute atomic E-state index is 12.2. The van der Waals surface area contributed by atoms with E-state index in [0.717, 1.165) is 62.4 Å². The molecular formula is C19H28N4O3. The second-order valence-electron chi connectivity index (χ2n) is 6.43. The average molecular weight is 360 g/mol. The minimum atomic E-state index is -0.165. The smallest absolute Gasteiger partial charge is 0.319 e. The van der Waals surface area contributed by atoms with E-state index in [-0.39, 0.29) is 6.03 Å².